The van der Waals surface area contributed by atoms with Crippen molar-refractivity contribution in [1.29, 1.82) is 0 Å². The van der Waals surface area contributed by atoms with Gasteiger partial charge in [-0.1, -0.05) is 36.4 Å². The van der Waals surface area contributed by atoms with E-state index in [0.29, 0.717) is 5.39 Å². The fourth-order valence-corrected chi connectivity index (χ4v) is 3.96. The van der Waals surface area contributed by atoms with Gasteiger partial charge in [-0.05, 0) is 12.1 Å². The van der Waals surface area contributed by atoms with Gasteiger partial charge in [-0.15, -0.1) is 0 Å². The lowest BCUT2D eigenvalue weighted by Crippen LogP contribution is -1.97. The Labute approximate surface area is 134 Å². The molecule has 0 saturated heterocycles. The van der Waals surface area contributed by atoms with E-state index in [1.165, 1.54) is 0 Å². The van der Waals surface area contributed by atoms with Gasteiger partial charge in [0.25, 0.3) is 5.56 Å². The number of nitrogens with one attached hydrogen (secondary N) is 4. The second-order valence-corrected chi connectivity index (χ2v) is 6.17. The van der Waals surface area contributed by atoms with Gasteiger partial charge >= 0.3 is 0 Å². The molecule has 0 saturated carbocycles. The average Bonchev–Trinajstić information content (AvgIpc) is 3.27. The van der Waals surface area contributed by atoms with Crippen LogP contribution in [0.25, 0.3) is 54.5 Å². The highest BCUT2D eigenvalue weighted by Gasteiger charge is 2.19. The Kier molecular flexibility index (Phi) is 1.95. The third kappa shape index (κ3) is 1.25. The summed E-state index contributed by atoms with van der Waals surface area (Å²) in [7, 11) is 0. The topological polar surface area (TPSA) is 80.2 Å². The van der Waals surface area contributed by atoms with Gasteiger partial charge in [0.2, 0.25) is 0 Å². The molecule has 3 aromatic heterocycles. The normalized spacial score (nSPS) is 12.3. The van der Waals surface area contributed by atoms with Crippen molar-refractivity contribution in [2.24, 2.45) is 0 Å². The number of H-pyrrole nitrogens is 4. The molecule has 6 rings (SSSR count). The molecule has 6 aromatic rings. The van der Waals surface area contributed by atoms with E-state index in [1.807, 2.05) is 30.3 Å². The van der Waals surface area contributed by atoms with Crippen LogP contribution >= 0.6 is 0 Å². The first-order chi connectivity index (χ1) is 11.8. The predicted molar refractivity (Wildman–Crippen MR) is 97.6 cm³/mol. The molecule has 0 unspecified atom stereocenters. The molecular formula is C19H12N4O. The van der Waals surface area contributed by atoms with Gasteiger partial charge in [0.15, 0.2) is 0 Å². The summed E-state index contributed by atoms with van der Waals surface area (Å²) in [6.45, 7) is 0. The number of benzene rings is 3. The van der Waals surface area contributed by atoms with E-state index in [2.05, 4.69) is 38.4 Å². The number of hydrogen-bond acceptors (Lipinski definition) is 1. The van der Waals surface area contributed by atoms with Crippen LogP contribution < -0.4 is 5.56 Å². The van der Waals surface area contributed by atoms with Crippen LogP contribution in [-0.2, 0) is 0 Å². The van der Waals surface area contributed by atoms with Crippen molar-refractivity contribution in [1.82, 2.24) is 20.2 Å². The summed E-state index contributed by atoms with van der Waals surface area (Å²) in [5.74, 6) is 0. The van der Waals surface area contributed by atoms with Crippen LogP contribution in [0, 0.1) is 0 Å². The predicted octanol–water partition coefficient (Wildman–Crippen LogP) is 4.13. The van der Waals surface area contributed by atoms with Gasteiger partial charge in [0, 0.05) is 32.6 Å². The molecule has 0 atom stereocenters. The molecule has 0 aliphatic rings. The van der Waals surface area contributed by atoms with Crippen LogP contribution in [0.2, 0.25) is 0 Å². The molecule has 24 heavy (non-hydrogen) atoms. The Morgan fingerprint density at radius 3 is 1.88 bits per heavy atom. The molecule has 3 heterocycles. The van der Waals surface area contributed by atoms with Crippen molar-refractivity contribution >= 4 is 54.5 Å². The van der Waals surface area contributed by atoms with E-state index in [4.69, 9.17) is 0 Å². The zero-order chi connectivity index (χ0) is 15.8. The lowest BCUT2D eigenvalue weighted by Gasteiger charge is -1.98. The third-order valence-corrected chi connectivity index (χ3v) is 4.94. The average molecular weight is 312 g/mol. The smallest absolute Gasteiger partial charge is 0.272 e. The Balaban J connectivity index is 2.10. The first kappa shape index (κ1) is 12.0. The van der Waals surface area contributed by atoms with Crippen LogP contribution in [-0.4, -0.2) is 20.2 Å². The number of aromatic nitrogens is 4. The fourth-order valence-electron chi connectivity index (χ4n) is 3.96. The highest BCUT2D eigenvalue weighted by Crippen LogP contribution is 2.39. The monoisotopic (exact) mass is 312 g/mol. The Morgan fingerprint density at radius 1 is 0.583 bits per heavy atom. The Hall–Kier alpha value is -3.47. The first-order valence-corrected chi connectivity index (χ1v) is 7.86. The standard InChI is InChI=1S/C19H12N4O/c24-19-15-13-9-5-1-3-7-11(9)20-17(13)18-14(16(15)22-23-19)10-6-2-4-8-12(10)21-18/h1-8,20-21H,(H2,22,23,24). The molecule has 3 aromatic carbocycles. The van der Waals surface area contributed by atoms with Crippen molar-refractivity contribution in [3.8, 4) is 0 Å². The van der Waals surface area contributed by atoms with Crippen molar-refractivity contribution in [2.75, 3.05) is 0 Å². The van der Waals surface area contributed by atoms with Crippen LogP contribution in [0.15, 0.2) is 53.3 Å². The Morgan fingerprint density at radius 2 is 1.17 bits per heavy atom. The van der Waals surface area contributed by atoms with E-state index < -0.39 is 0 Å². The molecule has 0 radical (unpaired) electrons. The SMILES string of the molecule is O=c1[nH][nH]c2c1c1c3ccccc3[nH]c1c1[nH]c3ccccc3c12. The molecule has 5 heteroatoms. The van der Waals surface area contributed by atoms with Gasteiger partial charge in [-0.25, -0.2) is 0 Å². The summed E-state index contributed by atoms with van der Waals surface area (Å²) >= 11 is 0. The van der Waals surface area contributed by atoms with E-state index >= 15 is 0 Å². The molecule has 0 amide bonds. The minimum absolute atomic E-state index is 0.0908. The second-order valence-electron chi connectivity index (χ2n) is 6.17. The van der Waals surface area contributed by atoms with Crippen LogP contribution in [0.3, 0.4) is 0 Å². The molecule has 4 N–H and O–H groups in total. The van der Waals surface area contributed by atoms with Crippen molar-refractivity contribution in [2.45, 2.75) is 0 Å². The van der Waals surface area contributed by atoms with E-state index in [0.717, 1.165) is 49.1 Å². The third-order valence-electron chi connectivity index (χ3n) is 4.94. The van der Waals surface area contributed by atoms with Crippen LogP contribution in [0.1, 0.15) is 0 Å². The van der Waals surface area contributed by atoms with Crippen LogP contribution in [0.5, 0.6) is 0 Å². The van der Waals surface area contributed by atoms with Gasteiger partial charge in [0.05, 0.1) is 21.9 Å². The molecule has 0 bridgehead atoms. The number of hydrogen-bond donors (Lipinski definition) is 4. The van der Waals surface area contributed by atoms with Gasteiger partial charge in [0.1, 0.15) is 0 Å². The van der Waals surface area contributed by atoms with E-state index in [9.17, 15) is 4.79 Å². The Bertz CT molecular complexity index is 1480. The molecular weight excluding hydrogens is 300 g/mol. The van der Waals surface area contributed by atoms with Crippen molar-refractivity contribution in [3.63, 3.8) is 0 Å². The lowest BCUT2D eigenvalue weighted by atomic mass is 10.0. The fraction of sp³-hybridized carbons (Fsp3) is 0. The zero-order valence-electron chi connectivity index (χ0n) is 12.5. The molecule has 114 valence electrons. The van der Waals surface area contributed by atoms with Gasteiger partial charge < -0.3 is 9.97 Å². The molecule has 5 nitrogen and oxygen atoms in total. The summed E-state index contributed by atoms with van der Waals surface area (Å²) in [6, 6.07) is 16.2. The summed E-state index contributed by atoms with van der Waals surface area (Å²) in [4.78, 5) is 19.5. The number of fused-ring (bicyclic) bond motifs is 10. The maximum absolute atomic E-state index is 12.5. The number of aromatic amines is 4. The number of para-hydroxylation sites is 2. The highest BCUT2D eigenvalue weighted by molar-refractivity contribution is 6.34. The summed E-state index contributed by atoms with van der Waals surface area (Å²) in [5.41, 5.74) is 4.84. The van der Waals surface area contributed by atoms with E-state index in [-0.39, 0.29) is 5.56 Å². The molecule has 0 aliphatic carbocycles. The highest BCUT2D eigenvalue weighted by atomic mass is 16.1. The first-order valence-electron chi connectivity index (χ1n) is 7.86. The minimum Gasteiger partial charge on any atom is -0.353 e. The quantitative estimate of drug-likeness (QED) is 0.334. The molecule has 0 aliphatic heterocycles. The maximum atomic E-state index is 12.5. The zero-order valence-corrected chi connectivity index (χ0v) is 12.5. The largest absolute Gasteiger partial charge is 0.353 e. The van der Waals surface area contributed by atoms with Crippen LogP contribution in [0.4, 0.5) is 0 Å². The van der Waals surface area contributed by atoms with Gasteiger partial charge in [-0.3, -0.25) is 15.0 Å². The van der Waals surface area contributed by atoms with Gasteiger partial charge in [-0.2, -0.15) is 0 Å². The second kappa shape index (κ2) is 3.89. The summed E-state index contributed by atoms with van der Waals surface area (Å²) < 4.78 is 0. The summed E-state index contributed by atoms with van der Waals surface area (Å²) in [5, 5.41) is 10.7. The van der Waals surface area contributed by atoms with Crippen molar-refractivity contribution < 1.29 is 0 Å². The summed E-state index contributed by atoms with van der Waals surface area (Å²) in [6.07, 6.45) is 0. The minimum atomic E-state index is -0.0908. The van der Waals surface area contributed by atoms with E-state index in [1.54, 1.807) is 0 Å². The maximum Gasteiger partial charge on any atom is 0.272 e. The molecule has 0 spiro atoms. The van der Waals surface area contributed by atoms with Crippen molar-refractivity contribution in [3.05, 3.63) is 58.9 Å². The molecule has 0 fully saturated rings. The lowest BCUT2D eigenvalue weighted by molar-refractivity contribution is 1.08. The number of rotatable bonds is 0.